The van der Waals surface area contributed by atoms with Gasteiger partial charge in [-0.05, 0) is 30.2 Å². The Bertz CT molecular complexity index is 816. The number of nitro benzene ring substituents is 1. The van der Waals surface area contributed by atoms with Crippen LogP contribution >= 0.6 is 0 Å². The first kappa shape index (κ1) is 18.0. The van der Waals surface area contributed by atoms with E-state index in [1.54, 1.807) is 19.1 Å². The third kappa shape index (κ3) is 4.44. The Kier molecular flexibility index (Phi) is 5.60. The van der Waals surface area contributed by atoms with E-state index in [9.17, 15) is 14.9 Å². The van der Waals surface area contributed by atoms with E-state index in [0.717, 1.165) is 44.0 Å². The first-order chi connectivity index (χ1) is 12.5. The van der Waals surface area contributed by atoms with Gasteiger partial charge in [0.25, 0.3) is 11.6 Å². The molecule has 1 saturated heterocycles. The first-order valence-corrected chi connectivity index (χ1v) is 8.48. The lowest BCUT2D eigenvalue weighted by Gasteiger charge is -2.26. The fourth-order valence-corrected chi connectivity index (χ4v) is 2.88. The lowest BCUT2D eigenvalue weighted by Crippen LogP contribution is -2.35. The molecule has 0 bridgehead atoms. The molecule has 0 saturated carbocycles. The summed E-state index contributed by atoms with van der Waals surface area (Å²) >= 11 is 0. The zero-order valence-corrected chi connectivity index (χ0v) is 14.6. The molecule has 7 nitrogen and oxygen atoms in total. The van der Waals surface area contributed by atoms with Crippen LogP contribution in [-0.2, 0) is 11.3 Å². The summed E-state index contributed by atoms with van der Waals surface area (Å²) < 4.78 is 5.35. The van der Waals surface area contributed by atoms with Crippen LogP contribution in [0.5, 0.6) is 0 Å². The van der Waals surface area contributed by atoms with Crippen molar-refractivity contribution in [1.82, 2.24) is 4.90 Å². The summed E-state index contributed by atoms with van der Waals surface area (Å²) in [5, 5.41) is 13.7. The van der Waals surface area contributed by atoms with Crippen molar-refractivity contribution in [2.75, 3.05) is 31.6 Å². The van der Waals surface area contributed by atoms with Crippen molar-refractivity contribution in [2.45, 2.75) is 13.5 Å². The average Bonchev–Trinajstić information content (AvgIpc) is 2.64. The molecule has 0 aromatic heterocycles. The molecule has 26 heavy (non-hydrogen) atoms. The Morgan fingerprint density at radius 2 is 2.00 bits per heavy atom. The van der Waals surface area contributed by atoms with E-state index < -0.39 is 4.92 Å². The van der Waals surface area contributed by atoms with Gasteiger partial charge in [-0.15, -0.1) is 0 Å². The van der Waals surface area contributed by atoms with Crippen molar-refractivity contribution in [1.29, 1.82) is 0 Å². The number of carbonyl (C=O) groups excluding carboxylic acids is 1. The summed E-state index contributed by atoms with van der Waals surface area (Å²) in [5.41, 5.74) is 2.75. The number of rotatable bonds is 5. The number of benzene rings is 2. The van der Waals surface area contributed by atoms with E-state index in [4.69, 9.17) is 4.74 Å². The van der Waals surface area contributed by atoms with E-state index in [1.165, 1.54) is 12.1 Å². The molecule has 0 aliphatic carbocycles. The van der Waals surface area contributed by atoms with Gasteiger partial charge in [-0.1, -0.05) is 18.2 Å². The number of nitrogens with zero attached hydrogens (tertiary/aromatic N) is 2. The minimum absolute atomic E-state index is 0.0491. The highest BCUT2D eigenvalue weighted by atomic mass is 16.6. The zero-order chi connectivity index (χ0) is 18.5. The summed E-state index contributed by atoms with van der Waals surface area (Å²) in [6.45, 7) is 5.78. The number of amides is 1. The van der Waals surface area contributed by atoms with E-state index in [2.05, 4.69) is 10.2 Å². The predicted octanol–water partition coefficient (Wildman–Crippen LogP) is 2.99. The van der Waals surface area contributed by atoms with Crippen LogP contribution in [0.4, 0.5) is 11.4 Å². The predicted molar refractivity (Wildman–Crippen MR) is 98.3 cm³/mol. The van der Waals surface area contributed by atoms with Gasteiger partial charge in [0.15, 0.2) is 0 Å². The van der Waals surface area contributed by atoms with Crippen molar-refractivity contribution < 1.29 is 14.5 Å². The van der Waals surface area contributed by atoms with Gasteiger partial charge < -0.3 is 10.1 Å². The number of nitrogens with one attached hydrogen (secondary N) is 1. The molecule has 0 unspecified atom stereocenters. The van der Waals surface area contributed by atoms with Crippen LogP contribution in [0.3, 0.4) is 0 Å². The van der Waals surface area contributed by atoms with Crippen molar-refractivity contribution in [3.8, 4) is 0 Å². The Balaban J connectivity index is 1.73. The van der Waals surface area contributed by atoms with Crippen LogP contribution in [0.1, 0.15) is 21.5 Å². The summed E-state index contributed by atoms with van der Waals surface area (Å²) in [6.07, 6.45) is 0. The molecule has 2 aromatic carbocycles. The highest BCUT2D eigenvalue weighted by Gasteiger charge is 2.14. The van der Waals surface area contributed by atoms with E-state index in [0.29, 0.717) is 11.3 Å². The average molecular weight is 355 g/mol. The second kappa shape index (κ2) is 8.07. The van der Waals surface area contributed by atoms with Gasteiger partial charge in [0.2, 0.25) is 0 Å². The van der Waals surface area contributed by atoms with Crippen molar-refractivity contribution in [3.05, 3.63) is 69.3 Å². The van der Waals surface area contributed by atoms with Crippen LogP contribution in [0.25, 0.3) is 0 Å². The molecule has 1 aliphatic rings. The second-order valence-corrected chi connectivity index (χ2v) is 6.30. The highest BCUT2D eigenvalue weighted by Crippen LogP contribution is 2.22. The molecule has 1 fully saturated rings. The number of carbonyl (C=O) groups is 1. The fraction of sp³-hybridized carbons (Fsp3) is 0.316. The molecule has 136 valence electrons. The molecule has 2 aromatic rings. The van der Waals surface area contributed by atoms with Crippen LogP contribution in [0.15, 0.2) is 42.5 Å². The SMILES string of the molecule is Cc1ccc([N+](=O)[O-])cc1NC(=O)c1cccc(CN2CCOCC2)c1. The first-order valence-electron chi connectivity index (χ1n) is 8.48. The Morgan fingerprint density at radius 1 is 1.23 bits per heavy atom. The third-order valence-electron chi connectivity index (χ3n) is 4.38. The molecule has 0 spiro atoms. The number of aryl methyl sites for hydroxylation is 1. The van der Waals surface area contributed by atoms with Gasteiger partial charge in [0, 0.05) is 37.3 Å². The fourth-order valence-electron chi connectivity index (χ4n) is 2.88. The largest absolute Gasteiger partial charge is 0.379 e. The van der Waals surface area contributed by atoms with Gasteiger partial charge in [-0.25, -0.2) is 0 Å². The van der Waals surface area contributed by atoms with Crippen molar-refractivity contribution >= 4 is 17.3 Å². The number of non-ortho nitro benzene ring substituents is 1. The number of ether oxygens (including phenoxy) is 1. The number of nitro groups is 1. The number of morpholine rings is 1. The maximum atomic E-state index is 12.6. The molecule has 7 heteroatoms. The standard InChI is InChI=1S/C19H21N3O4/c1-14-5-6-17(22(24)25)12-18(14)20-19(23)16-4-2-3-15(11-16)13-21-7-9-26-10-8-21/h2-6,11-12H,7-10,13H2,1H3,(H,20,23). The van der Waals surface area contributed by atoms with Crippen molar-refractivity contribution in [3.63, 3.8) is 0 Å². The molecule has 1 aliphatic heterocycles. The molecule has 3 rings (SSSR count). The van der Waals surface area contributed by atoms with Gasteiger partial charge >= 0.3 is 0 Å². The summed E-state index contributed by atoms with van der Waals surface area (Å²) in [6, 6.07) is 11.9. The quantitative estimate of drug-likeness (QED) is 0.658. The Morgan fingerprint density at radius 3 is 2.73 bits per heavy atom. The normalized spacial score (nSPS) is 14.8. The molecular weight excluding hydrogens is 334 g/mol. The highest BCUT2D eigenvalue weighted by molar-refractivity contribution is 6.04. The van der Waals surface area contributed by atoms with E-state index in [1.807, 2.05) is 18.2 Å². The third-order valence-corrected chi connectivity index (χ3v) is 4.38. The molecule has 0 radical (unpaired) electrons. The molecule has 1 heterocycles. The van der Waals surface area contributed by atoms with E-state index in [-0.39, 0.29) is 11.6 Å². The summed E-state index contributed by atoms with van der Waals surface area (Å²) in [4.78, 5) is 25.3. The second-order valence-electron chi connectivity index (χ2n) is 6.30. The smallest absolute Gasteiger partial charge is 0.271 e. The molecular formula is C19H21N3O4. The van der Waals surface area contributed by atoms with Crippen LogP contribution in [0, 0.1) is 17.0 Å². The van der Waals surface area contributed by atoms with Gasteiger partial charge in [0.05, 0.1) is 23.8 Å². The van der Waals surface area contributed by atoms with Crippen molar-refractivity contribution in [2.24, 2.45) is 0 Å². The number of anilines is 1. The van der Waals surface area contributed by atoms with Crippen LogP contribution < -0.4 is 5.32 Å². The van der Waals surface area contributed by atoms with Gasteiger partial charge in [0.1, 0.15) is 0 Å². The lowest BCUT2D eigenvalue weighted by molar-refractivity contribution is -0.384. The van der Waals surface area contributed by atoms with Crippen LogP contribution in [0.2, 0.25) is 0 Å². The lowest BCUT2D eigenvalue weighted by atomic mass is 10.1. The van der Waals surface area contributed by atoms with E-state index >= 15 is 0 Å². The minimum Gasteiger partial charge on any atom is -0.379 e. The Labute approximate surface area is 151 Å². The minimum atomic E-state index is -0.474. The van der Waals surface area contributed by atoms with Crippen LogP contribution in [-0.4, -0.2) is 42.0 Å². The monoisotopic (exact) mass is 355 g/mol. The molecule has 0 atom stereocenters. The molecule has 1 amide bonds. The maximum absolute atomic E-state index is 12.6. The van der Waals surface area contributed by atoms with Gasteiger partial charge in [-0.2, -0.15) is 0 Å². The Hall–Kier alpha value is -2.77. The van der Waals surface area contributed by atoms with Gasteiger partial charge in [-0.3, -0.25) is 19.8 Å². The zero-order valence-electron chi connectivity index (χ0n) is 14.6. The number of hydrogen-bond acceptors (Lipinski definition) is 5. The topological polar surface area (TPSA) is 84.7 Å². The summed E-state index contributed by atoms with van der Waals surface area (Å²) in [7, 11) is 0. The molecule has 1 N–H and O–H groups in total. The maximum Gasteiger partial charge on any atom is 0.271 e. The summed E-state index contributed by atoms with van der Waals surface area (Å²) in [5.74, 6) is -0.280. The number of hydrogen-bond donors (Lipinski definition) is 1.